The third-order valence-corrected chi connectivity index (χ3v) is 7.42. The van der Waals surface area contributed by atoms with E-state index >= 15 is 0 Å². The van der Waals surface area contributed by atoms with Crippen LogP contribution in [0.2, 0.25) is 0 Å². The van der Waals surface area contributed by atoms with Gasteiger partial charge in [-0.05, 0) is 30.5 Å². The van der Waals surface area contributed by atoms with Gasteiger partial charge in [0.2, 0.25) is 15.9 Å². The van der Waals surface area contributed by atoms with Crippen LogP contribution in [0.5, 0.6) is 0 Å². The topological polar surface area (TPSA) is 101 Å². The smallest absolute Gasteiger partial charge is 0.241 e. The lowest BCUT2D eigenvalue weighted by atomic mass is 10.0. The third kappa shape index (κ3) is 4.80. The van der Waals surface area contributed by atoms with E-state index in [9.17, 15) is 26.0 Å². The quantitative estimate of drug-likeness (QED) is 0.752. The normalized spacial score (nSPS) is 19.7. The molecule has 0 saturated carbocycles. The van der Waals surface area contributed by atoms with Crippen molar-refractivity contribution >= 4 is 25.8 Å². The summed E-state index contributed by atoms with van der Waals surface area (Å²) in [6.45, 7) is 3.66. The van der Waals surface area contributed by atoms with Crippen molar-refractivity contribution in [3.8, 4) is 0 Å². The van der Waals surface area contributed by atoms with Gasteiger partial charge in [0.25, 0.3) is 0 Å². The Hall–Kier alpha value is -1.52. The van der Waals surface area contributed by atoms with Gasteiger partial charge in [0.05, 0.1) is 10.1 Å². The second-order valence-electron chi connectivity index (χ2n) is 6.82. The molecule has 0 spiro atoms. The highest BCUT2D eigenvalue weighted by Crippen LogP contribution is 2.20. The van der Waals surface area contributed by atoms with Gasteiger partial charge >= 0.3 is 0 Å². The lowest BCUT2D eigenvalue weighted by Gasteiger charge is -2.26. The minimum Gasteiger partial charge on any atom is -0.340 e. The number of hydrogen-bond acceptors (Lipinski definition) is 5. The summed E-state index contributed by atoms with van der Waals surface area (Å²) >= 11 is 0. The Morgan fingerprint density at radius 3 is 2.42 bits per heavy atom. The monoisotopic (exact) mass is 406 g/mol. The van der Waals surface area contributed by atoms with Crippen molar-refractivity contribution in [2.45, 2.75) is 36.5 Å². The molecule has 26 heavy (non-hydrogen) atoms. The minimum atomic E-state index is -4.10. The van der Waals surface area contributed by atoms with Crippen LogP contribution >= 0.6 is 0 Å². The van der Waals surface area contributed by atoms with Crippen LogP contribution in [0.3, 0.4) is 0 Å². The van der Waals surface area contributed by atoms with E-state index in [1.807, 2.05) is 0 Å². The number of sulfone groups is 1. The van der Waals surface area contributed by atoms with Crippen molar-refractivity contribution < 1.29 is 26.0 Å². The Labute approximate surface area is 153 Å². The maximum Gasteiger partial charge on any atom is 0.241 e. The van der Waals surface area contributed by atoms with E-state index < -0.39 is 42.9 Å². The number of carbonyl (C=O) groups excluding carboxylic acids is 1. The number of carbonyl (C=O) groups is 1. The van der Waals surface area contributed by atoms with E-state index in [4.69, 9.17) is 0 Å². The number of nitrogens with one attached hydrogen (secondary N) is 1. The molecule has 1 heterocycles. The van der Waals surface area contributed by atoms with Crippen molar-refractivity contribution in [1.29, 1.82) is 0 Å². The number of halogens is 1. The van der Waals surface area contributed by atoms with Crippen LogP contribution in [0.1, 0.15) is 20.3 Å². The zero-order valence-electron chi connectivity index (χ0n) is 14.8. The van der Waals surface area contributed by atoms with Crippen molar-refractivity contribution in [1.82, 2.24) is 9.62 Å². The first-order chi connectivity index (χ1) is 11.9. The highest BCUT2D eigenvalue weighted by atomic mass is 32.2. The van der Waals surface area contributed by atoms with Gasteiger partial charge in [-0.25, -0.2) is 21.2 Å². The summed E-state index contributed by atoms with van der Waals surface area (Å²) in [4.78, 5) is 13.9. The first kappa shape index (κ1) is 20.8. The van der Waals surface area contributed by atoms with Crippen molar-refractivity contribution in [3.63, 3.8) is 0 Å². The molecule has 1 fully saturated rings. The van der Waals surface area contributed by atoms with Crippen LogP contribution in [0.15, 0.2) is 29.2 Å². The van der Waals surface area contributed by atoms with Gasteiger partial charge in [0.15, 0.2) is 9.84 Å². The van der Waals surface area contributed by atoms with Gasteiger partial charge in [-0.2, -0.15) is 4.72 Å². The second kappa shape index (κ2) is 7.61. The average molecular weight is 407 g/mol. The van der Waals surface area contributed by atoms with Gasteiger partial charge < -0.3 is 4.90 Å². The highest BCUT2D eigenvalue weighted by Gasteiger charge is 2.37. The molecule has 7 nitrogen and oxygen atoms in total. The fourth-order valence-corrected chi connectivity index (χ4v) is 5.17. The van der Waals surface area contributed by atoms with Crippen molar-refractivity contribution in [2.75, 3.05) is 19.3 Å². The molecule has 2 atom stereocenters. The molecule has 0 bridgehead atoms. The Kier molecular flexibility index (Phi) is 6.09. The second-order valence-corrected chi connectivity index (χ2v) is 10.9. The average Bonchev–Trinajstić information content (AvgIpc) is 3.02. The Morgan fingerprint density at radius 2 is 1.92 bits per heavy atom. The largest absolute Gasteiger partial charge is 0.340 e. The maximum atomic E-state index is 13.3. The zero-order valence-corrected chi connectivity index (χ0v) is 16.5. The van der Waals surface area contributed by atoms with Crippen LogP contribution in [0.4, 0.5) is 4.39 Å². The fraction of sp³-hybridized carbons (Fsp3) is 0.562. The molecule has 1 amide bonds. The number of amides is 1. The molecule has 1 aliphatic heterocycles. The summed E-state index contributed by atoms with van der Waals surface area (Å²) in [5, 5.41) is -0.640. The number of likely N-dealkylation sites (tertiary alicyclic amines) is 1. The van der Waals surface area contributed by atoms with Gasteiger partial charge in [-0.15, -0.1) is 0 Å². The van der Waals surface area contributed by atoms with Gasteiger partial charge in [-0.3, -0.25) is 4.79 Å². The van der Waals surface area contributed by atoms with Crippen LogP contribution in [0, 0.1) is 11.7 Å². The van der Waals surface area contributed by atoms with Crippen molar-refractivity contribution in [3.05, 3.63) is 30.1 Å². The summed E-state index contributed by atoms with van der Waals surface area (Å²) in [7, 11) is -7.37. The zero-order chi connectivity index (χ0) is 19.7. The molecule has 146 valence electrons. The molecule has 1 saturated heterocycles. The highest BCUT2D eigenvalue weighted by molar-refractivity contribution is 7.91. The molecule has 10 heteroatoms. The van der Waals surface area contributed by atoms with E-state index in [-0.39, 0.29) is 23.9 Å². The van der Waals surface area contributed by atoms with Crippen LogP contribution < -0.4 is 4.72 Å². The lowest BCUT2D eigenvalue weighted by Crippen LogP contribution is -2.50. The van der Waals surface area contributed by atoms with E-state index in [0.717, 1.165) is 18.4 Å². The Balaban J connectivity index is 2.20. The summed E-state index contributed by atoms with van der Waals surface area (Å²) in [6.07, 6.45) is 1.45. The maximum absolute atomic E-state index is 13.3. The molecule has 2 unspecified atom stereocenters. The van der Waals surface area contributed by atoms with Gasteiger partial charge in [-0.1, -0.05) is 19.9 Å². The van der Waals surface area contributed by atoms with Crippen molar-refractivity contribution in [2.24, 2.45) is 5.92 Å². The number of sulfonamides is 1. The molecule has 0 aromatic heterocycles. The first-order valence-corrected chi connectivity index (χ1v) is 11.6. The Morgan fingerprint density at radius 1 is 1.27 bits per heavy atom. The summed E-state index contributed by atoms with van der Waals surface area (Å²) in [5.74, 6) is -1.55. The molecular formula is C16H23FN2O5S2. The molecule has 1 aromatic carbocycles. The molecular weight excluding hydrogens is 383 g/mol. The Bertz CT molecular complexity index is 884. The number of nitrogens with zero attached hydrogens (tertiary/aromatic N) is 1. The standard InChI is InChI=1S/C16H23FN2O5S2/c1-11(2)15(16(20)19-8-7-14(10-19)25(3,21)22)18-26(23,24)13-6-4-5-12(17)9-13/h4-6,9,11,14-15,18H,7-8,10H2,1-3H3. The van der Waals surface area contributed by atoms with Crippen LogP contribution in [-0.4, -0.2) is 58.3 Å². The van der Waals surface area contributed by atoms with E-state index in [0.29, 0.717) is 6.42 Å². The summed E-state index contributed by atoms with van der Waals surface area (Å²) < 4.78 is 64.0. The molecule has 1 N–H and O–H groups in total. The fourth-order valence-electron chi connectivity index (χ4n) is 2.82. The molecule has 2 rings (SSSR count). The lowest BCUT2D eigenvalue weighted by molar-refractivity contribution is -0.132. The van der Waals surface area contributed by atoms with Crippen LogP contribution in [0.25, 0.3) is 0 Å². The first-order valence-electron chi connectivity index (χ1n) is 8.17. The SMILES string of the molecule is CC(C)C(NS(=O)(=O)c1cccc(F)c1)C(=O)N1CCC(S(C)(=O)=O)C1. The number of benzene rings is 1. The summed E-state index contributed by atoms with van der Waals surface area (Å²) in [6, 6.07) is 3.44. The van der Waals surface area contributed by atoms with E-state index in [2.05, 4.69) is 4.72 Å². The summed E-state index contributed by atoms with van der Waals surface area (Å²) in [5.41, 5.74) is 0. The molecule has 1 aliphatic rings. The van der Waals surface area contributed by atoms with E-state index in [1.54, 1.807) is 13.8 Å². The number of rotatable bonds is 6. The molecule has 0 aliphatic carbocycles. The molecule has 0 radical (unpaired) electrons. The predicted molar refractivity (Wildman–Crippen MR) is 95.2 cm³/mol. The number of hydrogen-bond donors (Lipinski definition) is 1. The minimum absolute atomic E-state index is 0.0442. The van der Waals surface area contributed by atoms with Gasteiger partial charge in [0, 0.05) is 19.3 Å². The van der Waals surface area contributed by atoms with Gasteiger partial charge in [0.1, 0.15) is 11.9 Å². The van der Waals surface area contributed by atoms with E-state index in [1.165, 1.54) is 17.0 Å². The molecule has 1 aromatic rings. The predicted octanol–water partition coefficient (Wildman–Crippen LogP) is 0.774. The third-order valence-electron chi connectivity index (χ3n) is 4.38. The van der Waals surface area contributed by atoms with Crippen LogP contribution in [-0.2, 0) is 24.7 Å².